The Morgan fingerprint density at radius 1 is 1.00 bits per heavy atom. The van der Waals surface area contributed by atoms with Gasteiger partial charge in [0, 0.05) is 13.1 Å². The number of anilines is 3. The van der Waals surface area contributed by atoms with Crippen molar-refractivity contribution in [2.45, 2.75) is 13.0 Å². The number of fused-ring (bicyclic) bond motifs is 1. The Hall–Kier alpha value is -2.23. The fourth-order valence-electron chi connectivity index (χ4n) is 2.34. The molecule has 0 atom stereocenters. The number of hydrogen-bond acceptors (Lipinski definition) is 4. The topological polar surface area (TPSA) is 68.2 Å². The van der Waals surface area contributed by atoms with Crippen molar-refractivity contribution >= 4 is 17.3 Å². The van der Waals surface area contributed by atoms with Crippen molar-refractivity contribution in [3.63, 3.8) is 0 Å². The van der Waals surface area contributed by atoms with Crippen LogP contribution in [0.4, 0.5) is 17.3 Å². The van der Waals surface area contributed by atoms with E-state index in [2.05, 4.69) is 34.1 Å². The number of nitrogen functional groups attached to an aromatic ring is 2. The number of benzene rings is 1. The average molecular weight is 240 g/mol. The highest BCUT2D eigenvalue weighted by Crippen LogP contribution is 2.25. The molecular weight excluding hydrogens is 224 g/mol. The SMILES string of the molecule is Nc1ccc(N2CCc3ccccc3C2)nc1N. The van der Waals surface area contributed by atoms with Crippen LogP contribution in [-0.4, -0.2) is 11.5 Å². The Morgan fingerprint density at radius 2 is 1.78 bits per heavy atom. The number of nitrogens with zero attached hydrogens (tertiary/aromatic N) is 2. The summed E-state index contributed by atoms with van der Waals surface area (Å²) < 4.78 is 0. The van der Waals surface area contributed by atoms with E-state index in [1.165, 1.54) is 11.1 Å². The molecule has 2 aromatic rings. The fraction of sp³-hybridized carbons (Fsp3) is 0.214. The number of pyridine rings is 1. The molecule has 0 saturated carbocycles. The zero-order valence-electron chi connectivity index (χ0n) is 10.1. The molecule has 18 heavy (non-hydrogen) atoms. The van der Waals surface area contributed by atoms with E-state index in [-0.39, 0.29) is 0 Å². The molecule has 0 bridgehead atoms. The first-order valence-corrected chi connectivity index (χ1v) is 6.08. The average Bonchev–Trinajstić information content (AvgIpc) is 2.41. The van der Waals surface area contributed by atoms with E-state index in [1.807, 2.05) is 12.1 Å². The molecular formula is C14H16N4. The highest BCUT2D eigenvalue weighted by molar-refractivity contribution is 5.62. The van der Waals surface area contributed by atoms with E-state index < -0.39 is 0 Å². The van der Waals surface area contributed by atoms with E-state index >= 15 is 0 Å². The maximum Gasteiger partial charge on any atom is 0.149 e. The summed E-state index contributed by atoms with van der Waals surface area (Å²) >= 11 is 0. The minimum absolute atomic E-state index is 0.409. The smallest absolute Gasteiger partial charge is 0.149 e. The molecule has 0 saturated heterocycles. The molecule has 1 aromatic heterocycles. The van der Waals surface area contributed by atoms with Gasteiger partial charge in [0.25, 0.3) is 0 Å². The first-order valence-electron chi connectivity index (χ1n) is 6.08. The predicted molar refractivity (Wildman–Crippen MR) is 74.3 cm³/mol. The van der Waals surface area contributed by atoms with Crippen LogP contribution in [0.5, 0.6) is 0 Å². The fourth-order valence-corrected chi connectivity index (χ4v) is 2.34. The lowest BCUT2D eigenvalue weighted by molar-refractivity contribution is 0.722. The van der Waals surface area contributed by atoms with Gasteiger partial charge in [0.2, 0.25) is 0 Å². The van der Waals surface area contributed by atoms with Crippen molar-refractivity contribution in [2.75, 3.05) is 22.9 Å². The predicted octanol–water partition coefficient (Wildman–Crippen LogP) is 1.81. The van der Waals surface area contributed by atoms with Gasteiger partial charge in [-0.3, -0.25) is 0 Å². The molecule has 4 heteroatoms. The number of rotatable bonds is 1. The van der Waals surface area contributed by atoms with Gasteiger partial charge in [-0.15, -0.1) is 0 Å². The van der Waals surface area contributed by atoms with Gasteiger partial charge in [-0.25, -0.2) is 4.98 Å². The zero-order valence-corrected chi connectivity index (χ0v) is 10.1. The molecule has 1 aliphatic rings. The van der Waals surface area contributed by atoms with Crippen LogP contribution in [0.25, 0.3) is 0 Å². The molecule has 1 aromatic carbocycles. The first kappa shape index (κ1) is 10.9. The van der Waals surface area contributed by atoms with Gasteiger partial charge in [0.15, 0.2) is 0 Å². The molecule has 0 aliphatic carbocycles. The van der Waals surface area contributed by atoms with Crippen LogP contribution in [0.15, 0.2) is 36.4 Å². The minimum Gasteiger partial charge on any atom is -0.396 e. The van der Waals surface area contributed by atoms with Crippen LogP contribution in [0.2, 0.25) is 0 Å². The van der Waals surface area contributed by atoms with Crippen molar-refractivity contribution in [3.8, 4) is 0 Å². The van der Waals surface area contributed by atoms with Gasteiger partial charge < -0.3 is 16.4 Å². The van der Waals surface area contributed by atoms with Crippen molar-refractivity contribution in [1.82, 2.24) is 4.98 Å². The highest BCUT2D eigenvalue weighted by atomic mass is 15.2. The van der Waals surface area contributed by atoms with Crippen LogP contribution in [-0.2, 0) is 13.0 Å². The van der Waals surface area contributed by atoms with Crippen molar-refractivity contribution < 1.29 is 0 Å². The van der Waals surface area contributed by atoms with E-state index in [4.69, 9.17) is 11.5 Å². The van der Waals surface area contributed by atoms with E-state index in [0.717, 1.165) is 25.3 Å². The van der Waals surface area contributed by atoms with E-state index in [0.29, 0.717) is 11.5 Å². The number of hydrogen-bond donors (Lipinski definition) is 2. The second-order valence-electron chi connectivity index (χ2n) is 4.58. The zero-order chi connectivity index (χ0) is 12.5. The van der Waals surface area contributed by atoms with Gasteiger partial charge >= 0.3 is 0 Å². The van der Waals surface area contributed by atoms with Crippen LogP contribution < -0.4 is 16.4 Å². The van der Waals surface area contributed by atoms with Crippen LogP contribution >= 0.6 is 0 Å². The highest BCUT2D eigenvalue weighted by Gasteiger charge is 2.17. The monoisotopic (exact) mass is 240 g/mol. The van der Waals surface area contributed by atoms with Crippen molar-refractivity contribution in [3.05, 3.63) is 47.5 Å². The third kappa shape index (κ3) is 1.86. The maximum atomic E-state index is 5.76. The van der Waals surface area contributed by atoms with Crippen molar-refractivity contribution in [1.29, 1.82) is 0 Å². The molecule has 0 amide bonds. The van der Waals surface area contributed by atoms with Crippen LogP contribution in [0.1, 0.15) is 11.1 Å². The van der Waals surface area contributed by atoms with Gasteiger partial charge in [-0.2, -0.15) is 0 Å². The Labute approximate surface area is 106 Å². The first-order chi connectivity index (χ1) is 8.74. The summed E-state index contributed by atoms with van der Waals surface area (Å²) in [7, 11) is 0. The molecule has 0 unspecified atom stereocenters. The quantitative estimate of drug-likeness (QED) is 0.797. The summed E-state index contributed by atoms with van der Waals surface area (Å²) in [6, 6.07) is 12.3. The Balaban J connectivity index is 1.89. The number of aromatic nitrogens is 1. The molecule has 0 radical (unpaired) electrons. The van der Waals surface area contributed by atoms with Crippen molar-refractivity contribution in [2.24, 2.45) is 0 Å². The standard InChI is InChI=1S/C14H16N4/c15-12-5-6-13(17-14(12)16)18-8-7-10-3-1-2-4-11(10)9-18/h1-6H,7-9,15H2,(H2,16,17). The van der Waals surface area contributed by atoms with Crippen LogP contribution in [0, 0.1) is 0 Å². The summed E-state index contributed by atoms with van der Waals surface area (Å²) in [4.78, 5) is 6.58. The third-order valence-electron chi connectivity index (χ3n) is 3.40. The molecule has 0 fully saturated rings. The summed E-state index contributed by atoms with van der Waals surface area (Å²) in [6.45, 7) is 1.85. The van der Waals surface area contributed by atoms with E-state index in [1.54, 1.807) is 0 Å². The van der Waals surface area contributed by atoms with Gasteiger partial charge in [-0.05, 0) is 29.7 Å². The molecule has 4 N–H and O–H groups in total. The van der Waals surface area contributed by atoms with Gasteiger partial charge in [-0.1, -0.05) is 24.3 Å². The molecule has 4 nitrogen and oxygen atoms in total. The van der Waals surface area contributed by atoms with Gasteiger partial charge in [0.1, 0.15) is 11.6 Å². The minimum atomic E-state index is 0.409. The maximum absolute atomic E-state index is 5.76. The van der Waals surface area contributed by atoms with E-state index in [9.17, 15) is 0 Å². The summed E-state index contributed by atoms with van der Waals surface area (Å²) in [5.41, 5.74) is 14.8. The molecule has 1 aliphatic heterocycles. The Morgan fingerprint density at radius 3 is 2.56 bits per heavy atom. The molecule has 2 heterocycles. The largest absolute Gasteiger partial charge is 0.396 e. The number of nitrogens with two attached hydrogens (primary N) is 2. The third-order valence-corrected chi connectivity index (χ3v) is 3.40. The summed E-state index contributed by atoms with van der Waals surface area (Å²) in [6.07, 6.45) is 1.04. The molecule has 3 rings (SSSR count). The lowest BCUT2D eigenvalue weighted by Crippen LogP contribution is -2.31. The van der Waals surface area contributed by atoms with Gasteiger partial charge in [0.05, 0.1) is 5.69 Å². The van der Waals surface area contributed by atoms with Crippen LogP contribution in [0.3, 0.4) is 0 Å². The lowest BCUT2D eigenvalue weighted by atomic mass is 10.00. The lowest BCUT2D eigenvalue weighted by Gasteiger charge is -2.30. The second kappa shape index (κ2) is 4.22. The Bertz CT molecular complexity index is 580. The Kier molecular flexibility index (Phi) is 2.55. The summed E-state index contributed by atoms with van der Waals surface area (Å²) in [5.74, 6) is 1.31. The second-order valence-corrected chi connectivity index (χ2v) is 4.58. The molecule has 92 valence electrons. The normalized spacial score (nSPS) is 14.3. The molecule has 0 spiro atoms. The summed E-state index contributed by atoms with van der Waals surface area (Å²) in [5, 5.41) is 0.